The van der Waals surface area contributed by atoms with Crippen LogP contribution in [0.3, 0.4) is 0 Å². The number of benzene rings is 1. The smallest absolute Gasteiger partial charge is 0.253 e. The van der Waals surface area contributed by atoms with Gasteiger partial charge in [-0.3, -0.25) is 4.79 Å². The summed E-state index contributed by atoms with van der Waals surface area (Å²) in [5.41, 5.74) is 6.76. The predicted octanol–water partition coefficient (Wildman–Crippen LogP) is 1.35. The average molecular weight is 265 g/mol. The first-order valence-electron chi connectivity index (χ1n) is 6.33. The fraction of sp³-hybridized carbons (Fsp3) is 0.500. The second-order valence-corrected chi connectivity index (χ2v) is 4.92. The van der Waals surface area contributed by atoms with Gasteiger partial charge in [-0.25, -0.2) is 0 Å². The predicted molar refractivity (Wildman–Crippen MR) is 77.5 cm³/mol. The Morgan fingerprint density at radius 3 is 2.68 bits per heavy atom. The summed E-state index contributed by atoms with van der Waals surface area (Å²) in [6.07, 6.45) is 0.898. The summed E-state index contributed by atoms with van der Waals surface area (Å²) in [4.78, 5) is 14.2. The Morgan fingerprint density at radius 2 is 2.16 bits per heavy atom. The average Bonchev–Trinajstić information content (AvgIpc) is 2.35. The van der Waals surface area contributed by atoms with Crippen LogP contribution in [0.15, 0.2) is 18.2 Å². The molecule has 19 heavy (non-hydrogen) atoms. The molecule has 1 rings (SSSR count). The fourth-order valence-electron chi connectivity index (χ4n) is 1.70. The molecule has 0 radical (unpaired) electrons. The zero-order chi connectivity index (χ0) is 14.4. The number of hydrogen-bond acceptors (Lipinski definition) is 4. The van der Waals surface area contributed by atoms with Crippen LogP contribution in [0, 0.1) is 0 Å². The summed E-state index contributed by atoms with van der Waals surface area (Å²) in [6.45, 7) is 2.92. The van der Waals surface area contributed by atoms with Crippen LogP contribution in [0.25, 0.3) is 0 Å². The molecule has 0 bridgehead atoms. The van der Waals surface area contributed by atoms with Gasteiger partial charge in [0, 0.05) is 17.8 Å². The molecular weight excluding hydrogens is 242 g/mol. The van der Waals surface area contributed by atoms with E-state index >= 15 is 0 Å². The zero-order valence-electron chi connectivity index (χ0n) is 12.1. The summed E-state index contributed by atoms with van der Waals surface area (Å²) >= 11 is 0. The van der Waals surface area contributed by atoms with Crippen LogP contribution in [-0.4, -0.2) is 44.6 Å². The van der Waals surface area contributed by atoms with E-state index in [4.69, 9.17) is 10.5 Å². The van der Waals surface area contributed by atoms with E-state index in [1.807, 2.05) is 21.0 Å². The Morgan fingerprint density at radius 1 is 1.47 bits per heavy atom. The van der Waals surface area contributed by atoms with Gasteiger partial charge in [0.2, 0.25) is 0 Å². The minimum absolute atomic E-state index is 0.108. The van der Waals surface area contributed by atoms with Crippen LogP contribution in [0.4, 0.5) is 5.69 Å². The largest absolute Gasteiger partial charge is 0.497 e. The number of hydrogen-bond donors (Lipinski definition) is 2. The molecule has 5 heteroatoms. The minimum atomic E-state index is -0.147. The molecule has 1 atom stereocenters. The van der Waals surface area contributed by atoms with Gasteiger partial charge in [-0.05, 0) is 46.1 Å². The highest BCUT2D eigenvalue weighted by Crippen LogP contribution is 2.19. The number of ether oxygens (including phenoxy) is 1. The van der Waals surface area contributed by atoms with Crippen molar-refractivity contribution in [2.75, 3.05) is 33.5 Å². The molecule has 0 saturated heterocycles. The third kappa shape index (κ3) is 4.79. The van der Waals surface area contributed by atoms with Gasteiger partial charge >= 0.3 is 0 Å². The quantitative estimate of drug-likeness (QED) is 0.762. The van der Waals surface area contributed by atoms with E-state index in [0.717, 1.165) is 13.0 Å². The molecule has 5 nitrogen and oxygen atoms in total. The van der Waals surface area contributed by atoms with E-state index in [-0.39, 0.29) is 11.9 Å². The van der Waals surface area contributed by atoms with Gasteiger partial charge < -0.3 is 20.7 Å². The molecule has 1 aromatic rings. The fourth-order valence-corrected chi connectivity index (χ4v) is 1.70. The number of carbonyl (C=O) groups is 1. The van der Waals surface area contributed by atoms with Crippen LogP contribution in [0.5, 0.6) is 5.75 Å². The molecule has 0 heterocycles. The van der Waals surface area contributed by atoms with E-state index in [1.54, 1.807) is 25.3 Å². The maximum atomic E-state index is 12.1. The van der Waals surface area contributed by atoms with Gasteiger partial charge in [-0.15, -0.1) is 0 Å². The Hall–Kier alpha value is -1.75. The van der Waals surface area contributed by atoms with Gasteiger partial charge in [-0.1, -0.05) is 0 Å². The highest BCUT2D eigenvalue weighted by atomic mass is 16.5. The Labute approximate surface area is 114 Å². The van der Waals surface area contributed by atoms with Gasteiger partial charge in [0.25, 0.3) is 5.91 Å². The number of rotatable bonds is 6. The maximum Gasteiger partial charge on any atom is 0.253 e. The van der Waals surface area contributed by atoms with Crippen molar-refractivity contribution in [1.82, 2.24) is 10.2 Å². The highest BCUT2D eigenvalue weighted by molar-refractivity contribution is 5.99. The zero-order valence-corrected chi connectivity index (χ0v) is 12.1. The molecule has 0 aromatic heterocycles. The lowest BCUT2D eigenvalue weighted by Gasteiger charge is -2.17. The molecular formula is C14H23N3O2. The molecule has 1 aromatic carbocycles. The van der Waals surface area contributed by atoms with E-state index in [9.17, 15) is 4.79 Å². The lowest BCUT2D eigenvalue weighted by atomic mass is 10.1. The molecule has 0 aliphatic rings. The molecule has 0 spiro atoms. The number of nitrogens with two attached hydrogens (primary N) is 1. The van der Waals surface area contributed by atoms with E-state index in [1.165, 1.54) is 0 Å². The third-order valence-electron chi connectivity index (χ3n) is 2.89. The standard InChI is InChI=1S/C14H23N3O2/c1-10(7-8-17(2)3)16-14(18)12-6-5-11(19-4)9-13(12)15/h5-6,9-10H,7-8,15H2,1-4H3,(H,16,18). The third-order valence-corrected chi connectivity index (χ3v) is 2.89. The summed E-state index contributed by atoms with van der Waals surface area (Å²) in [7, 11) is 5.59. The molecule has 106 valence electrons. The molecule has 0 aliphatic heterocycles. The summed E-state index contributed by atoms with van der Waals surface area (Å²) in [5, 5.41) is 2.94. The maximum absolute atomic E-state index is 12.1. The molecule has 3 N–H and O–H groups in total. The van der Waals surface area contributed by atoms with Gasteiger partial charge in [0.15, 0.2) is 0 Å². The number of amides is 1. The van der Waals surface area contributed by atoms with Crippen molar-refractivity contribution in [3.05, 3.63) is 23.8 Å². The van der Waals surface area contributed by atoms with Crippen molar-refractivity contribution in [2.24, 2.45) is 0 Å². The first-order valence-corrected chi connectivity index (χ1v) is 6.33. The van der Waals surface area contributed by atoms with Crippen LogP contribution in [0.2, 0.25) is 0 Å². The second-order valence-electron chi connectivity index (χ2n) is 4.92. The summed E-state index contributed by atoms with van der Waals surface area (Å²) in [5.74, 6) is 0.501. The number of nitrogen functional groups attached to an aromatic ring is 1. The minimum Gasteiger partial charge on any atom is -0.497 e. The van der Waals surface area contributed by atoms with Crippen molar-refractivity contribution in [2.45, 2.75) is 19.4 Å². The SMILES string of the molecule is COc1ccc(C(=O)NC(C)CCN(C)C)c(N)c1. The van der Waals surface area contributed by atoms with E-state index < -0.39 is 0 Å². The van der Waals surface area contributed by atoms with Gasteiger partial charge in [0.1, 0.15) is 5.75 Å². The molecule has 0 fully saturated rings. The van der Waals surface area contributed by atoms with Gasteiger partial charge in [0.05, 0.1) is 12.7 Å². The number of anilines is 1. The Kier molecular flexibility index (Phi) is 5.63. The van der Waals surface area contributed by atoms with Crippen molar-refractivity contribution in [3.63, 3.8) is 0 Å². The molecule has 1 amide bonds. The van der Waals surface area contributed by atoms with Gasteiger partial charge in [-0.2, -0.15) is 0 Å². The Bertz CT molecular complexity index is 433. The highest BCUT2D eigenvalue weighted by Gasteiger charge is 2.13. The number of carbonyl (C=O) groups excluding carboxylic acids is 1. The van der Waals surface area contributed by atoms with E-state index in [0.29, 0.717) is 17.0 Å². The topological polar surface area (TPSA) is 67.6 Å². The van der Waals surface area contributed by atoms with Crippen LogP contribution in [-0.2, 0) is 0 Å². The van der Waals surface area contributed by atoms with E-state index in [2.05, 4.69) is 10.2 Å². The lowest BCUT2D eigenvalue weighted by Crippen LogP contribution is -2.35. The first kappa shape index (κ1) is 15.3. The normalized spacial score (nSPS) is 12.3. The van der Waals surface area contributed by atoms with Crippen molar-refractivity contribution >= 4 is 11.6 Å². The van der Waals surface area contributed by atoms with Crippen molar-refractivity contribution in [3.8, 4) is 5.75 Å². The van der Waals surface area contributed by atoms with Crippen LogP contribution >= 0.6 is 0 Å². The first-order chi connectivity index (χ1) is 8.93. The number of methoxy groups -OCH3 is 1. The summed E-state index contributed by atoms with van der Waals surface area (Å²) < 4.78 is 5.06. The number of nitrogens with zero attached hydrogens (tertiary/aromatic N) is 1. The second kappa shape index (κ2) is 6.99. The summed E-state index contributed by atoms with van der Waals surface area (Å²) in [6, 6.07) is 5.17. The van der Waals surface area contributed by atoms with Crippen molar-refractivity contribution < 1.29 is 9.53 Å². The van der Waals surface area contributed by atoms with Crippen LogP contribution in [0.1, 0.15) is 23.7 Å². The Balaban J connectivity index is 2.62. The number of nitrogens with one attached hydrogen (secondary N) is 1. The van der Waals surface area contributed by atoms with Crippen LogP contribution < -0.4 is 15.8 Å². The van der Waals surface area contributed by atoms with Crippen molar-refractivity contribution in [1.29, 1.82) is 0 Å². The molecule has 0 aliphatic carbocycles. The molecule has 1 unspecified atom stereocenters. The monoisotopic (exact) mass is 265 g/mol. The lowest BCUT2D eigenvalue weighted by molar-refractivity contribution is 0.0937. The molecule has 0 saturated carbocycles.